The zero-order valence-electron chi connectivity index (χ0n) is 13.0. The number of aromatic nitrogens is 1. The van der Waals surface area contributed by atoms with Crippen LogP contribution in [-0.4, -0.2) is 17.4 Å². The predicted molar refractivity (Wildman–Crippen MR) is 86.7 cm³/mol. The van der Waals surface area contributed by atoms with Gasteiger partial charge in [-0.25, -0.2) is 0 Å². The summed E-state index contributed by atoms with van der Waals surface area (Å²) in [6.45, 7) is 1.41. The minimum Gasteiger partial charge on any atom is -0.352 e. The topological polar surface area (TPSA) is 68.0 Å². The van der Waals surface area contributed by atoms with Crippen LogP contribution in [0.3, 0.4) is 0 Å². The fourth-order valence-electron chi connectivity index (χ4n) is 2.28. The highest BCUT2D eigenvalue weighted by atomic mass is 16.1. The van der Waals surface area contributed by atoms with Crippen molar-refractivity contribution in [1.82, 2.24) is 10.3 Å². The Labute approximate surface area is 128 Å². The number of hydrogen-bond acceptors (Lipinski definition) is 3. The van der Waals surface area contributed by atoms with Crippen molar-refractivity contribution in [2.45, 2.75) is 64.3 Å². The number of carbonyl (C=O) groups excluding carboxylic acids is 1. The number of amides is 1. The first-order valence-corrected chi connectivity index (χ1v) is 8.18. The van der Waals surface area contributed by atoms with Crippen LogP contribution in [0.1, 0.15) is 63.4 Å². The van der Waals surface area contributed by atoms with Crippen LogP contribution in [0.2, 0.25) is 0 Å². The van der Waals surface area contributed by atoms with Gasteiger partial charge in [0.25, 0.3) is 0 Å². The van der Waals surface area contributed by atoms with Crippen LogP contribution < -0.4 is 11.1 Å². The molecule has 4 nitrogen and oxygen atoms in total. The Morgan fingerprint density at radius 1 is 0.952 bits per heavy atom. The van der Waals surface area contributed by atoms with Gasteiger partial charge in [-0.2, -0.15) is 0 Å². The van der Waals surface area contributed by atoms with Gasteiger partial charge in [-0.1, -0.05) is 38.5 Å². The van der Waals surface area contributed by atoms with Crippen LogP contribution in [-0.2, 0) is 11.3 Å². The molecule has 0 fully saturated rings. The third-order valence-corrected chi connectivity index (χ3v) is 3.60. The van der Waals surface area contributed by atoms with E-state index < -0.39 is 0 Å². The molecule has 4 heteroatoms. The molecule has 0 aromatic carbocycles. The number of nitrogens with zero attached hydrogens (tertiary/aromatic N) is 1. The van der Waals surface area contributed by atoms with E-state index >= 15 is 0 Å². The highest BCUT2D eigenvalue weighted by molar-refractivity contribution is 5.75. The van der Waals surface area contributed by atoms with Crippen LogP contribution in [0.25, 0.3) is 0 Å². The number of unbranched alkanes of at least 4 members (excludes halogenated alkanes) is 7. The highest BCUT2D eigenvalue weighted by Crippen LogP contribution is 2.09. The Hall–Kier alpha value is -1.42. The van der Waals surface area contributed by atoms with Crippen LogP contribution in [0.5, 0.6) is 0 Å². The van der Waals surface area contributed by atoms with Gasteiger partial charge >= 0.3 is 0 Å². The van der Waals surface area contributed by atoms with Crippen molar-refractivity contribution in [3.8, 4) is 0 Å². The molecule has 3 N–H and O–H groups in total. The van der Waals surface area contributed by atoms with Crippen molar-refractivity contribution in [2.75, 3.05) is 6.54 Å². The van der Waals surface area contributed by atoms with Crippen LogP contribution >= 0.6 is 0 Å². The molecule has 0 saturated carbocycles. The zero-order chi connectivity index (χ0) is 15.2. The molecule has 1 rings (SSSR count). The maximum absolute atomic E-state index is 11.7. The van der Waals surface area contributed by atoms with E-state index in [2.05, 4.69) is 10.3 Å². The van der Waals surface area contributed by atoms with Crippen LogP contribution in [0.4, 0.5) is 0 Å². The summed E-state index contributed by atoms with van der Waals surface area (Å²) in [5.41, 5.74) is 6.55. The second kappa shape index (κ2) is 12.3. The third-order valence-electron chi connectivity index (χ3n) is 3.60. The van der Waals surface area contributed by atoms with E-state index in [1.54, 1.807) is 12.4 Å². The number of hydrogen-bond donors (Lipinski definition) is 2. The molecule has 1 heterocycles. The van der Waals surface area contributed by atoms with Gasteiger partial charge in [0, 0.05) is 25.4 Å². The van der Waals surface area contributed by atoms with Crippen molar-refractivity contribution < 1.29 is 4.79 Å². The lowest BCUT2D eigenvalue weighted by Crippen LogP contribution is -2.22. The molecule has 118 valence electrons. The number of carbonyl (C=O) groups is 1. The van der Waals surface area contributed by atoms with E-state index in [-0.39, 0.29) is 5.91 Å². The predicted octanol–water partition coefficient (Wildman–Crippen LogP) is 3.17. The summed E-state index contributed by atoms with van der Waals surface area (Å²) >= 11 is 0. The van der Waals surface area contributed by atoms with E-state index in [1.807, 2.05) is 12.1 Å². The first-order chi connectivity index (χ1) is 10.3. The van der Waals surface area contributed by atoms with Gasteiger partial charge in [0.15, 0.2) is 0 Å². The Bertz CT molecular complexity index is 368. The molecule has 0 aliphatic heterocycles. The minimum atomic E-state index is 0.148. The SMILES string of the molecule is NCCCCCCCCCCC(=O)NCc1ccncc1. The summed E-state index contributed by atoms with van der Waals surface area (Å²) in [6.07, 6.45) is 13.8. The van der Waals surface area contributed by atoms with Gasteiger partial charge in [-0.15, -0.1) is 0 Å². The maximum Gasteiger partial charge on any atom is 0.220 e. The molecule has 1 aromatic heterocycles. The first kappa shape index (κ1) is 17.6. The van der Waals surface area contributed by atoms with Crippen molar-refractivity contribution in [3.05, 3.63) is 30.1 Å². The summed E-state index contributed by atoms with van der Waals surface area (Å²) in [6, 6.07) is 3.84. The average molecular weight is 291 g/mol. The molecular weight excluding hydrogens is 262 g/mol. The van der Waals surface area contributed by atoms with E-state index in [0.29, 0.717) is 13.0 Å². The summed E-state index contributed by atoms with van der Waals surface area (Å²) in [4.78, 5) is 15.6. The van der Waals surface area contributed by atoms with Gasteiger partial charge in [-0.3, -0.25) is 9.78 Å². The Balaban J connectivity index is 1.89. The Morgan fingerprint density at radius 2 is 1.52 bits per heavy atom. The average Bonchev–Trinajstić information content (AvgIpc) is 2.52. The molecule has 21 heavy (non-hydrogen) atoms. The third kappa shape index (κ3) is 10.0. The fraction of sp³-hybridized carbons (Fsp3) is 0.647. The van der Waals surface area contributed by atoms with Crippen molar-refractivity contribution in [1.29, 1.82) is 0 Å². The second-order valence-corrected chi connectivity index (χ2v) is 5.50. The lowest BCUT2D eigenvalue weighted by atomic mass is 10.1. The second-order valence-electron chi connectivity index (χ2n) is 5.50. The molecule has 0 bridgehead atoms. The van der Waals surface area contributed by atoms with Crippen molar-refractivity contribution in [3.63, 3.8) is 0 Å². The lowest BCUT2D eigenvalue weighted by molar-refractivity contribution is -0.121. The Morgan fingerprint density at radius 3 is 2.14 bits per heavy atom. The molecule has 0 spiro atoms. The summed E-state index contributed by atoms with van der Waals surface area (Å²) in [7, 11) is 0. The molecule has 0 aliphatic rings. The summed E-state index contributed by atoms with van der Waals surface area (Å²) in [5.74, 6) is 0.148. The van der Waals surface area contributed by atoms with E-state index in [0.717, 1.165) is 31.4 Å². The standard InChI is InChI=1S/C17H29N3O/c18-12-8-6-4-2-1-3-5-7-9-17(21)20-15-16-10-13-19-14-11-16/h10-11,13-14H,1-9,12,15,18H2,(H,20,21). The number of rotatable bonds is 12. The van der Waals surface area contributed by atoms with Crippen LogP contribution in [0.15, 0.2) is 24.5 Å². The Kier molecular flexibility index (Phi) is 10.4. The normalized spacial score (nSPS) is 10.5. The maximum atomic E-state index is 11.7. The smallest absolute Gasteiger partial charge is 0.220 e. The molecule has 0 saturated heterocycles. The van der Waals surface area contributed by atoms with Gasteiger partial charge in [-0.05, 0) is 37.1 Å². The molecule has 0 unspecified atom stereocenters. The summed E-state index contributed by atoms with van der Waals surface area (Å²) < 4.78 is 0. The minimum absolute atomic E-state index is 0.148. The summed E-state index contributed by atoms with van der Waals surface area (Å²) in [5, 5.41) is 2.95. The van der Waals surface area contributed by atoms with E-state index in [4.69, 9.17) is 5.73 Å². The fourth-order valence-corrected chi connectivity index (χ4v) is 2.28. The largest absolute Gasteiger partial charge is 0.352 e. The van der Waals surface area contributed by atoms with E-state index in [9.17, 15) is 4.79 Å². The number of nitrogens with one attached hydrogen (secondary N) is 1. The first-order valence-electron chi connectivity index (χ1n) is 8.18. The number of pyridine rings is 1. The molecule has 0 aliphatic carbocycles. The molecule has 0 atom stereocenters. The van der Waals surface area contributed by atoms with Crippen LogP contribution in [0, 0.1) is 0 Å². The number of nitrogens with two attached hydrogens (primary N) is 1. The zero-order valence-corrected chi connectivity index (χ0v) is 13.0. The molecule has 0 radical (unpaired) electrons. The molecule has 1 aromatic rings. The quantitative estimate of drug-likeness (QED) is 0.581. The molecular formula is C17H29N3O. The van der Waals surface area contributed by atoms with Gasteiger partial charge < -0.3 is 11.1 Å². The highest BCUT2D eigenvalue weighted by Gasteiger charge is 2.01. The van der Waals surface area contributed by atoms with Gasteiger partial charge in [0.2, 0.25) is 5.91 Å². The lowest BCUT2D eigenvalue weighted by Gasteiger charge is -2.05. The van der Waals surface area contributed by atoms with Crippen molar-refractivity contribution >= 4 is 5.91 Å². The van der Waals surface area contributed by atoms with E-state index in [1.165, 1.54) is 32.1 Å². The molecule has 1 amide bonds. The monoisotopic (exact) mass is 291 g/mol. The van der Waals surface area contributed by atoms with Gasteiger partial charge in [0.1, 0.15) is 0 Å². The van der Waals surface area contributed by atoms with Crippen molar-refractivity contribution in [2.24, 2.45) is 5.73 Å². The van der Waals surface area contributed by atoms with Gasteiger partial charge in [0.05, 0.1) is 0 Å².